The van der Waals surface area contributed by atoms with Gasteiger partial charge < -0.3 is 10.6 Å². The maximum atomic E-state index is 12.5. The lowest BCUT2D eigenvalue weighted by Crippen LogP contribution is -2.35. The van der Waals surface area contributed by atoms with E-state index in [0.717, 1.165) is 38.6 Å². The molecule has 0 spiro atoms. The average Bonchev–Trinajstić information content (AvgIpc) is 2.55. The smallest absolute Gasteiger partial charge is 0.225 e. The van der Waals surface area contributed by atoms with Crippen LogP contribution >= 0.6 is 0 Å². The van der Waals surface area contributed by atoms with Gasteiger partial charge in [0.15, 0.2) is 0 Å². The van der Waals surface area contributed by atoms with E-state index in [4.69, 9.17) is 5.73 Å². The Morgan fingerprint density at radius 2 is 1.71 bits per heavy atom. The quantitative estimate of drug-likeness (QED) is 0.905. The van der Waals surface area contributed by atoms with Crippen molar-refractivity contribution >= 4 is 5.91 Å². The highest BCUT2D eigenvalue weighted by atomic mass is 16.2. The highest BCUT2D eigenvalue weighted by Gasteiger charge is 2.27. The number of aryl methyl sites for hydroxylation is 1. The Balaban J connectivity index is 1.87. The van der Waals surface area contributed by atoms with E-state index >= 15 is 0 Å². The van der Waals surface area contributed by atoms with E-state index in [-0.39, 0.29) is 5.92 Å². The van der Waals surface area contributed by atoms with Gasteiger partial charge in [-0.1, -0.05) is 31.2 Å². The minimum absolute atomic E-state index is 0.202. The van der Waals surface area contributed by atoms with E-state index in [2.05, 4.69) is 31.2 Å². The molecule has 3 heteroatoms. The molecule has 1 aliphatic rings. The predicted octanol–water partition coefficient (Wildman–Crippen LogP) is 2.97. The van der Waals surface area contributed by atoms with Crippen molar-refractivity contribution in [2.24, 2.45) is 17.6 Å². The molecule has 1 aliphatic carbocycles. The van der Waals surface area contributed by atoms with Crippen LogP contribution in [0.15, 0.2) is 24.3 Å². The molecule has 3 nitrogen and oxygen atoms in total. The van der Waals surface area contributed by atoms with Crippen LogP contribution in [0.5, 0.6) is 0 Å². The van der Waals surface area contributed by atoms with Crippen LogP contribution in [-0.4, -0.2) is 24.4 Å². The van der Waals surface area contributed by atoms with Crippen molar-refractivity contribution < 1.29 is 4.79 Å². The second-order valence-electron chi connectivity index (χ2n) is 6.32. The van der Waals surface area contributed by atoms with Crippen LogP contribution in [-0.2, 0) is 17.8 Å². The lowest BCUT2D eigenvalue weighted by Gasteiger charge is -2.30. The van der Waals surface area contributed by atoms with Gasteiger partial charge in [-0.15, -0.1) is 0 Å². The van der Waals surface area contributed by atoms with Crippen LogP contribution in [0.3, 0.4) is 0 Å². The number of nitrogens with zero attached hydrogens (tertiary/aromatic N) is 1. The minimum atomic E-state index is 0.202. The molecule has 0 heterocycles. The van der Waals surface area contributed by atoms with E-state index in [9.17, 15) is 4.79 Å². The number of nitrogens with two attached hydrogens (primary N) is 1. The van der Waals surface area contributed by atoms with Crippen molar-refractivity contribution in [1.29, 1.82) is 0 Å². The molecule has 0 unspecified atom stereocenters. The number of carbonyl (C=O) groups excluding carboxylic acids is 1. The van der Waals surface area contributed by atoms with Gasteiger partial charge in [-0.05, 0) is 55.7 Å². The summed E-state index contributed by atoms with van der Waals surface area (Å²) in [5.74, 6) is 1.12. The Morgan fingerprint density at radius 1 is 1.14 bits per heavy atom. The summed E-state index contributed by atoms with van der Waals surface area (Å²) >= 11 is 0. The van der Waals surface area contributed by atoms with E-state index in [1.807, 2.05) is 11.9 Å². The lowest BCUT2D eigenvalue weighted by atomic mass is 9.81. The average molecular weight is 288 g/mol. The summed E-state index contributed by atoms with van der Waals surface area (Å²) in [5, 5.41) is 0. The van der Waals surface area contributed by atoms with Crippen LogP contribution in [0.1, 0.15) is 43.7 Å². The second kappa shape index (κ2) is 7.60. The second-order valence-corrected chi connectivity index (χ2v) is 6.32. The van der Waals surface area contributed by atoms with Gasteiger partial charge in [0.2, 0.25) is 5.91 Å². The number of rotatable bonds is 5. The standard InChI is InChI=1S/C18H28N2O/c1-3-14-4-6-16(7-5-14)13-20(2)18(21)17-10-8-15(12-19)9-11-17/h4-7,15,17H,3,8-13,19H2,1-2H3. The Labute approximate surface area is 128 Å². The molecule has 2 N–H and O–H groups in total. The number of hydrogen-bond acceptors (Lipinski definition) is 2. The fourth-order valence-corrected chi connectivity index (χ4v) is 3.19. The summed E-state index contributed by atoms with van der Waals surface area (Å²) in [6.45, 7) is 3.63. The Bertz CT molecular complexity index is 447. The molecule has 2 rings (SSSR count). The molecule has 0 atom stereocenters. The molecule has 1 aromatic carbocycles. The molecule has 0 radical (unpaired) electrons. The van der Waals surface area contributed by atoms with Crippen LogP contribution in [0, 0.1) is 11.8 Å². The highest BCUT2D eigenvalue weighted by molar-refractivity contribution is 5.78. The Kier molecular flexibility index (Phi) is 5.80. The van der Waals surface area contributed by atoms with Crippen LogP contribution < -0.4 is 5.73 Å². The van der Waals surface area contributed by atoms with Crippen LogP contribution in [0.4, 0.5) is 0 Å². The maximum absolute atomic E-state index is 12.5. The zero-order chi connectivity index (χ0) is 15.2. The van der Waals surface area contributed by atoms with Crippen molar-refractivity contribution in [1.82, 2.24) is 4.90 Å². The van der Waals surface area contributed by atoms with Gasteiger partial charge in [-0.2, -0.15) is 0 Å². The topological polar surface area (TPSA) is 46.3 Å². The summed E-state index contributed by atoms with van der Waals surface area (Å²) in [6.07, 6.45) is 5.26. The molecule has 1 aromatic rings. The SMILES string of the molecule is CCc1ccc(CN(C)C(=O)C2CCC(CN)CC2)cc1. The molecule has 1 saturated carbocycles. The Morgan fingerprint density at radius 3 is 2.24 bits per heavy atom. The fourth-order valence-electron chi connectivity index (χ4n) is 3.19. The number of amides is 1. The summed E-state index contributed by atoms with van der Waals surface area (Å²) in [4.78, 5) is 14.4. The molecule has 0 aliphatic heterocycles. The lowest BCUT2D eigenvalue weighted by molar-refractivity contribution is -0.136. The van der Waals surface area contributed by atoms with Gasteiger partial charge in [0, 0.05) is 19.5 Å². The van der Waals surface area contributed by atoms with Crippen molar-refractivity contribution in [2.75, 3.05) is 13.6 Å². The molecular weight excluding hydrogens is 260 g/mol. The van der Waals surface area contributed by atoms with Gasteiger partial charge >= 0.3 is 0 Å². The van der Waals surface area contributed by atoms with Crippen molar-refractivity contribution in [3.63, 3.8) is 0 Å². The van der Waals surface area contributed by atoms with E-state index in [1.165, 1.54) is 11.1 Å². The number of carbonyl (C=O) groups is 1. The monoisotopic (exact) mass is 288 g/mol. The Hall–Kier alpha value is -1.35. The molecule has 0 aromatic heterocycles. The fraction of sp³-hybridized carbons (Fsp3) is 0.611. The maximum Gasteiger partial charge on any atom is 0.225 e. The highest BCUT2D eigenvalue weighted by Crippen LogP contribution is 2.29. The van der Waals surface area contributed by atoms with Gasteiger partial charge in [0.1, 0.15) is 0 Å². The first kappa shape index (κ1) is 16.0. The molecule has 0 saturated heterocycles. The normalized spacial score (nSPS) is 22.0. The summed E-state index contributed by atoms with van der Waals surface area (Å²) in [6, 6.07) is 8.57. The largest absolute Gasteiger partial charge is 0.341 e. The van der Waals surface area contributed by atoms with E-state index in [0.29, 0.717) is 18.4 Å². The molecule has 1 fully saturated rings. The molecule has 21 heavy (non-hydrogen) atoms. The molecule has 1 amide bonds. The number of hydrogen-bond donors (Lipinski definition) is 1. The third-order valence-corrected chi connectivity index (χ3v) is 4.76. The third kappa shape index (κ3) is 4.31. The van der Waals surface area contributed by atoms with Crippen LogP contribution in [0.2, 0.25) is 0 Å². The van der Waals surface area contributed by atoms with Gasteiger partial charge in [-0.25, -0.2) is 0 Å². The third-order valence-electron chi connectivity index (χ3n) is 4.76. The van der Waals surface area contributed by atoms with Crippen molar-refractivity contribution in [2.45, 2.75) is 45.6 Å². The molecule has 116 valence electrons. The molecule has 0 bridgehead atoms. The first-order valence-electron chi connectivity index (χ1n) is 8.16. The molecular formula is C18H28N2O. The summed E-state index contributed by atoms with van der Waals surface area (Å²) in [7, 11) is 1.92. The zero-order valence-electron chi connectivity index (χ0n) is 13.3. The minimum Gasteiger partial charge on any atom is -0.341 e. The van der Waals surface area contributed by atoms with Crippen LogP contribution in [0.25, 0.3) is 0 Å². The first-order valence-corrected chi connectivity index (χ1v) is 8.16. The summed E-state index contributed by atoms with van der Waals surface area (Å²) < 4.78 is 0. The first-order chi connectivity index (χ1) is 10.1. The zero-order valence-corrected chi connectivity index (χ0v) is 13.3. The van der Waals surface area contributed by atoms with Gasteiger partial charge in [-0.3, -0.25) is 4.79 Å². The van der Waals surface area contributed by atoms with E-state index < -0.39 is 0 Å². The van der Waals surface area contributed by atoms with Gasteiger partial charge in [0.25, 0.3) is 0 Å². The number of benzene rings is 1. The van der Waals surface area contributed by atoms with Gasteiger partial charge in [0.05, 0.1) is 0 Å². The van der Waals surface area contributed by atoms with Crippen molar-refractivity contribution in [3.05, 3.63) is 35.4 Å². The summed E-state index contributed by atoms with van der Waals surface area (Å²) in [5.41, 5.74) is 8.26. The van der Waals surface area contributed by atoms with Crippen molar-refractivity contribution in [3.8, 4) is 0 Å². The predicted molar refractivity (Wildman–Crippen MR) is 86.8 cm³/mol. The van der Waals surface area contributed by atoms with E-state index in [1.54, 1.807) is 0 Å².